The van der Waals surface area contributed by atoms with Gasteiger partial charge in [0.05, 0.1) is 30.2 Å². The van der Waals surface area contributed by atoms with Gasteiger partial charge in [0.1, 0.15) is 18.9 Å². The van der Waals surface area contributed by atoms with Gasteiger partial charge in [-0.05, 0) is 23.6 Å². The average molecular weight is 355 g/mol. The first-order valence-corrected chi connectivity index (χ1v) is 9.74. The van der Waals surface area contributed by atoms with Crippen LogP contribution in [-0.2, 0) is 4.74 Å². The Labute approximate surface area is 151 Å². The van der Waals surface area contributed by atoms with E-state index < -0.39 is 0 Å². The van der Waals surface area contributed by atoms with E-state index in [1.54, 1.807) is 16.2 Å². The summed E-state index contributed by atoms with van der Waals surface area (Å²) in [5.74, 6) is 1.74. The van der Waals surface area contributed by atoms with E-state index in [1.165, 1.54) is 6.54 Å². The molecular weight excluding hydrogens is 332 g/mol. The minimum atomic E-state index is 0.801. The molecule has 0 bridgehead atoms. The lowest BCUT2D eigenvalue weighted by Crippen LogP contribution is -3.14. The molecule has 25 heavy (non-hydrogen) atoms. The summed E-state index contributed by atoms with van der Waals surface area (Å²) in [5.41, 5.74) is 0.988. The van der Waals surface area contributed by atoms with Crippen molar-refractivity contribution in [3.8, 4) is 10.7 Å². The van der Waals surface area contributed by atoms with Gasteiger partial charge in [-0.2, -0.15) is 0 Å². The van der Waals surface area contributed by atoms with Crippen molar-refractivity contribution in [3.05, 3.63) is 41.8 Å². The molecule has 0 spiro atoms. The molecule has 1 aliphatic rings. The minimum absolute atomic E-state index is 0.801. The Morgan fingerprint density at radius 2 is 1.96 bits per heavy atom. The van der Waals surface area contributed by atoms with Crippen LogP contribution in [0.5, 0.6) is 0 Å². The molecule has 2 N–H and O–H groups in total. The molecule has 0 atom stereocenters. The van der Waals surface area contributed by atoms with E-state index >= 15 is 0 Å². The average Bonchev–Trinajstić information content (AvgIpc) is 3.20. The monoisotopic (exact) mass is 355 g/mol. The zero-order valence-corrected chi connectivity index (χ0v) is 15.0. The van der Waals surface area contributed by atoms with Crippen LogP contribution in [0, 0.1) is 0 Å². The number of hydrogen-bond acceptors (Lipinski definition) is 5. The van der Waals surface area contributed by atoms with Crippen LogP contribution in [0.3, 0.4) is 0 Å². The second-order valence-corrected chi connectivity index (χ2v) is 7.23. The van der Waals surface area contributed by atoms with Gasteiger partial charge >= 0.3 is 0 Å². The minimum Gasteiger partial charge on any atom is -0.370 e. The van der Waals surface area contributed by atoms with Crippen LogP contribution >= 0.6 is 11.3 Å². The highest BCUT2D eigenvalue weighted by atomic mass is 32.1. The van der Waals surface area contributed by atoms with Crippen LogP contribution in [-0.4, -0.2) is 49.4 Å². The number of aromatic nitrogens is 2. The second kappa shape index (κ2) is 7.91. The molecule has 0 unspecified atom stereocenters. The molecule has 0 saturated carbocycles. The van der Waals surface area contributed by atoms with Gasteiger partial charge in [-0.15, -0.1) is 11.3 Å². The fraction of sp³-hybridized carbons (Fsp3) is 0.368. The van der Waals surface area contributed by atoms with Crippen molar-refractivity contribution in [2.75, 3.05) is 44.7 Å². The van der Waals surface area contributed by atoms with E-state index in [1.807, 2.05) is 18.2 Å². The van der Waals surface area contributed by atoms with E-state index in [-0.39, 0.29) is 0 Å². The van der Waals surface area contributed by atoms with Gasteiger partial charge in [0.15, 0.2) is 5.82 Å². The zero-order chi connectivity index (χ0) is 16.9. The Kier molecular flexibility index (Phi) is 5.20. The number of nitrogens with zero attached hydrogens (tertiary/aromatic N) is 2. The van der Waals surface area contributed by atoms with Gasteiger partial charge in [-0.25, -0.2) is 9.97 Å². The van der Waals surface area contributed by atoms with Gasteiger partial charge in [0, 0.05) is 18.4 Å². The normalized spacial score (nSPS) is 15.5. The quantitative estimate of drug-likeness (QED) is 0.665. The van der Waals surface area contributed by atoms with Crippen LogP contribution in [0.4, 0.5) is 5.82 Å². The van der Waals surface area contributed by atoms with Gasteiger partial charge in [-0.3, -0.25) is 0 Å². The number of nitrogens with one attached hydrogen (secondary N) is 2. The Bertz CT molecular complexity index is 815. The van der Waals surface area contributed by atoms with Crippen molar-refractivity contribution in [3.63, 3.8) is 0 Å². The number of para-hydroxylation sites is 1. The van der Waals surface area contributed by atoms with Crippen LogP contribution < -0.4 is 10.2 Å². The largest absolute Gasteiger partial charge is 0.370 e. The summed E-state index contributed by atoms with van der Waals surface area (Å²) in [5, 5.41) is 6.68. The third-order valence-electron chi connectivity index (χ3n) is 4.54. The van der Waals surface area contributed by atoms with Crippen molar-refractivity contribution < 1.29 is 9.64 Å². The lowest BCUT2D eigenvalue weighted by Gasteiger charge is -2.23. The number of morpholine rings is 1. The van der Waals surface area contributed by atoms with Crippen molar-refractivity contribution in [2.45, 2.75) is 6.42 Å². The SMILES string of the molecule is c1csc(-c2nc(NCCC[NH+]3CCOCC3)c3ccccc3n2)c1. The molecule has 0 radical (unpaired) electrons. The molecule has 130 valence electrons. The van der Waals surface area contributed by atoms with Gasteiger partial charge in [0.25, 0.3) is 0 Å². The van der Waals surface area contributed by atoms with Crippen LogP contribution in [0.25, 0.3) is 21.6 Å². The number of anilines is 1. The number of ether oxygens (including phenoxy) is 1. The highest BCUT2D eigenvalue weighted by Gasteiger charge is 2.13. The Morgan fingerprint density at radius 1 is 1.08 bits per heavy atom. The highest BCUT2D eigenvalue weighted by Crippen LogP contribution is 2.27. The Balaban J connectivity index is 1.47. The maximum atomic E-state index is 5.42. The van der Waals surface area contributed by atoms with E-state index in [4.69, 9.17) is 14.7 Å². The summed E-state index contributed by atoms with van der Waals surface area (Å²) in [6.45, 7) is 6.14. The molecule has 3 heterocycles. The molecule has 1 fully saturated rings. The van der Waals surface area contributed by atoms with E-state index in [2.05, 4.69) is 28.9 Å². The molecule has 0 aliphatic carbocycles. The predicted octanol–water partition coefficient (Wildman–Crippen LogP) is 2.08. The van der Waals surface area contributed by atoms with E-state index in [0.29, 0.717) is 0 Å². The lowest BCUT2D eigenvalue weighted by molar-refractivity contribution is -0.908. The fourth-order valence-electron chi connectivity index (χ4n) is 3.18. The number of thiophene rings is 1. The number of quaternary nitrogens is 1. The lowest BCUT2D eigenvalue weighted by atomic mass is 10.2. The first-order valence-electron chi connectivity index (χ1n) is 8.86. The third-order valence-corrected chi connectivity index (χ3v) is 5.41. The molecule has 0 amide bonds. The molecule has 1 aliphatic heterocycles. The number of benzene rings is 1. The molecule has 3 aromatic rings. The summed E-state index contributed by atoms with van der Waals surface area (Å²) in [6, 6.07) is 12.3. The molecule has 5 nitrogen and oxygen atoms in total. The van der Waals surface area contributed by atoms with Crippen molar-refractivity contribution in [1.82, 2.24) is 9.97 Å². The summed E-state index contributed by atoms with van der Waals surface area (Å²) in [4.78, 5) is 12.3. The standard InChI is InChI=1S/C19H22N4OS/c1-2-6-16-15(5-1)18(22-19(21-16)17-7-3-14-25-17)20-8-4-9-23-10-12-24-13-11-23/h1-3,5-7,14H,4,8-13H2,(H,20,21,22)/p+1. The predicted molar refractivity (Wildman–Crippen MR) is 102 cm³/mol. The molecule has 4 rings (SSSR count). The molecule has 6 heteroatoms. The first kappa shape index (κ1) is 16.4. The van der Waals surface area contributed by atoms with E-state index in [9.17, 15) is 0 Å². The maximum absolute atomic E-state index is 5.42. The van der Waals surface area contributed by atoms with Crippen LogP contribution in [0.15, 0.2) is 41.8 Å². The van der Waals surface area contributed by atoms with Crippen LogP contribution in [0.1, 0.15) is 6.42 Å². The van der Waals surface area contributed by atoms with Gasteiger partial charge in [0.2, 0.25) is 0 Å². The fourth-order valence-corrected chi connectivity index (χ4v) is 3.84. The smallest absolute Gasteiger partial charge is 0.172 e. The van der Waals surface area contributed by atoms with Crippen LogP contribution in [0.2, 0.25) is 0 Å². The Morgan fingerprint density at radius 3 is 2.80 bits per heavy atom. The molecular formula is C19H23N4OS+. The molecule has 2 aromatic heterocycles. The number of hydrogen-bond donors (Lipinski definition) is 2. The summed E-state index contributed by atoms with van der Waals surface area (Å²) >= 11 is 1.67. The first-order chi connectivity index (χ1) is 12.4. The van der Waals surface area contributed by atoms with Crippen molar-refractivity contribution >= 4 is 28.1 Å². The summed E-state index contributed by atoms with van der Waals surface area (Å²) in [6.07, 6.45) is 1.13. The summed E-state index contributed by atoms with van der Waals surface area (Å²) in [7, 11) is 0. The van der Waals surface area contributed by atoms with Gasteiger partial charge < -0.3 is 15.0 Å². The van der Waals surface area contributed by atoms with Crippen molar-refractivity contribution in [1.29, 1.82) is 0 Å². The topological polar surface area (TPSA) is 51.5 Å². The summed E-state index contributed by atoms with van der Waals surface area (Å²) < 4.78 is 5.42. The highest BCUT2D eigenvalue weighted by molar-refractivity contribution is 7.13. The van der Waals surface area contributed by atoms with Crippen molar-refractivity contribution in [2.24, 2.45) is 0 Å². The van der Waals surface area contributed by atoms with Gasteiger partial charge in [-0.1, -0.05) is 18.2 Å². The number of rotatable bonds is 6. The maximum Gasteiger partial charge on any atom is 0.172 e. The molecule has 1 saturated heterocycles. The zero-order valence-electron chi connectivity index (χ0n) is 14.2. The number of fused-ring (bicyclic) bond motifs is 1. The molecule has 1 aromatic carbocycles. The third kappa shape index (κ3) is 3.98. The Hall–Kier alpha value is -2.02. The van der Waals surface area contributed by atoms with E-state index in [0.717, 1.165) is 66.7 Å². The second-order valence-electron chi connectivity index (χ2n) is 6.28.